The summed E-state index contributed by atoms with van der Waals surface area (Å²) in [6.07, 6.45) is 7.55. The molecule has 1 aliphatic rings. The Morgan fingerprint density at radius 3 is 2.61 bits per heavy atom. The summed E-state index contributed by atoms with van der Waals surface area (Å²) in [5.41, 5.74) is 4.51. The van der Waals surface area contributed by atoms with Crippen molar-refractivity contribution in [3.63, 3.8) is 0 Å². The molecule has 0 aromatic carbocycles. The Morgan fingerprint density at radius 1 is 1.33 bits per heavy atom. The van der Waals surface area contributed by atoms with Crippen LogP contribution in [0.5, 0.6) is 0 Å². The van der Waals surface area contributed by atoms with Crippen LogP contribution < -0.4 is 16.4 Å². The molecule has 0 heterocycles. The second-order valence-corrected chi connectivity index (χ2v) is 5.46. The van der Waals surface area contributed by atoms with Crippen molar-refractivity contribution < 1.29 is 9.59 Å². The molecule has 0 spiro atoms. The lowest BCUT2D eigenvalue weighted by molar-refractivity contribution is -0.125. The van der Waals surface area contributed by atoms with Gasteiger partial charge in [-0.05, 0) is 39.0 Å². The minimum Gasteiger partial charge on any atom is -0.369 e. The van der Waals surface area contributed by atoms with Gasteiger partial charge < -0.3 is 16.4 Å². The van der Waals surface area contributed by atoms with Gasteiger partial charge in [-0.2, -0.15) is 0 Å². The lowest BCUT2D eigenvalue weighted by Gasteiger charge is -2.22. The zero-order chi connectivity index (χ0) is 13.6. The topological polar surface area (TPSA) is 84.2 Å². The first-order valence-corrected chi connectivity index (χ1v) is 6.38. The van der Waals surface area contributed by atoms with Gasteiger partial charge in [0.05, 0.1) is 5.41 Å². The highest BCUT2D eigenvalue weighted by atomic mass is 16.2. The van der Waals surface area contributed by atoms with Crippen LogP contribution in [0.15, 0.2) is 12.2 Å². The average Bonchev–Trinajstić information content (AvgIpc) is 2.35. The lowest BCUT2D eigenvalue weighted by atomic mass is 9.93. The molecule has 1 rings (SSSR count). The van der Waals surface area contributed by atoms with Crippen molar-refractivity contribution in [3.05, 3.63) is 12.2 Å². The van der Waals surface area contributed by atoms with Crippen LogP contribution in [0.2, 0.25) is 0 Å². The molecule has 0 aliphatic heterocycles. The van der Waals surface area contributed by atoms with E-state index in [0.29, 0.717) is 12.5 Å². The van der Waals surface area contributed by atoms with E-state index >= 15 is 0 Å². The summed E-state index contributed by atoms with van der Waals surface area (Å²) in [5, 5.41) is 5.50. The van der Waals surface area contributed by atoms with Crippen LogP contribution in [0.25, 0.3) is 0 Å². The molecule has 0 aromatic heterocycles. The quantitative estimate of drug-likeness (QED) is 0.642. The van der Waals surface area contributed by atoms with Gasteiger partial charge in [0.15, 0.2) is 0 Å². The second kappa shape index (κ2) is 6.42. The van der Waals surface area contributed by atoms with E-state index in [-0.39, 0.29) is 12.6 Å². The molecule has 1 atom stereocenters. The smallest absolute Gasteiger partial charge is 0.314 e. The predicted octanol–water partition coefficient (Wildman–Crippen LogP) is 1.15. The van der Waals surface area contributed by atoms with E-state index in [4.69, 9.17) is 5.73 Å². The van der Waals surface area contributed by atoms with Crippen LogP contribution in [-0.4, -0.2) is 25.0 Å². The standard InChI is InChI=1S/C13H23N3O2/c1-13(2,11(14)17)9-16-12(18)15-8-10-6-4-3-5-7-10/h3-4,10H,5-9H2,1-2H3,(H2,14,17)(H2,15,16,18). The number of rotatable bonds is 5. The molecule has 0 radical (unpaired) electrons. The molecule has 102 valence electrons. The zero-order valence-electron chi connectivity index (χ0n) is 11.2. The van der Waals surface area contributed by atoms with Crippen LogP contribution in [-0.2, 0) is 4.79 Å². The Morgan fingerprint density at radius 2 is 2.06 bits per heavy atom. The van der Waals surface area contributed by atoms with Gasteiger partial charge >= 0.3 is 6.03 Å². The third-order valence-electron chi connectivity index (χ3n) is 3.29. The number of nitrogens with one attached hydrogen (secondary N) is 2. The summed E-state index contributed by atoms with van der Waals surface area (Å²) >= 11 is 0. The normalized spacial score (nSPS) is 19.3. The highest BCUT2D eigenvalue weighted by Crippen LogP contribution is 2.16. The number of urea groups is 1. The van der Waals surface area contributed by atoms with E-state index in [1.165, 1.54) is 0 Å². The fourth-order valence-corrected chi connectivity index (χ4v) is 1.73. The monoisotopic (exact) mass is 253 g/mol. The van der Waals surface area contributed by atoms with Crippen molar-refractivity contribution in [1.82, 2.24) is 10.6 Å². The highest BCUT2D eigenvalue weighted by molar-refractivity contribution is 5.81. The maximum atomic E-state index is 11.6. The SMILES string of the molecule is CC(C)(CNC(=O)NCC1CC=CCC1)C(N)=O. The first kappa shape index (κ1) is 14.5. The van der Waals surface area contributed by atoms with E-state index in [2.05, 4.69) is 22.8 Å². The number of hydrogen-bond donors (Lipinski definition) is 3. The Balaban J connectivity index is 2.21. The molecule has 4 N–H and O–H groups in total. The number of hydrogen-bond acceptors (Lipinski definition) is 2. The maximum absolute atomic E-state index is 11.6. The lowest BCUT2D eigenvalue weighted by Crippen LogP contribution is -2.46. The Hall–Kier alpha value is -1.52. The van der Waals surface area contributed by atoms with Gasteiger partial charge in [0.2, 0.25) is 5.91 Å². The number of nitrogens with two attached hydrogens (primary N) is 1. The van der Waals surface area contributed by atoms with Crippen molar-refractivity contribution in [2.45, 2.75) is 33.1 Å². The van der Waals surface area contributed by atoms with Crippen LogP contribution in [0.3, 0.4) is 0 Å². The molecular weight excluding hydrogens is 230 g/mol. The summed E-state index contributed by atoms with van der Waals surface area (Å²) in [6.45, 7) is 4.34. The van der Waals surface area contributed by atoms with E-state index in [0.717, 1.165) is 19.3 Å². The van der Waals surface area contributed by atoms with Crippen molar-refractivity contribution in [1.29, 1.82) is 0 Å². The average molecular weight is 253 g/mol. The fourth-order valence-electron chi connectivity index (χ4n) is 1.73. The van der Waals surface area contributed by atoms with Gasteiger partial charge in [-0.3, -0.25) is 4.79 Å². The van der Waals surface area contributed by atoms with E-state index in [1.54, 1.807) is 13.8 Å². The second-order valence-electron chi connectivity index (χ2n) is 5.46. The third kappa shape index (κ3) is 4.77. The molecule has 1 unspecified atom stereocenters. The number of amides is 3. The van der Waals surface area contributed by atoms with Crippen molar-refractivity contribution in [3.8, 4) is 0 Å². The molecule has 0 saturated carbocycles. The first-order chi connectivity index (χ1) is 8.42. The van der Waals surface area contributed by atoms with Gasteiger partial charge in [-0.25, -0.2) is 4.79 Å². The summed E-state index contributed by atoms with van der Waals surface area (Å²) in [4.78, 5) is 22.6. The summed E-state index contributed by atoms with van der Waals surface area (Å²) in [5.74, 6) is 0.102. The van der Waals surface area contributed by atoms with Crippen molar-refractivity contribution in [2.75, 3.05) is 13.1 Å². The molecule has 18 heavy (non-hydrogen) atoms. The fraction of sp³-hybridized carbons (Fsp3) is 0.692. The molecule has 3 amide bonds. The van der Waals surface area contributed by atoms with Gasteiger partial charge in [-0.15, -0.1) is 0 Å². The molecule has 0 bridgehead atoms. The number of carbonyl (C=O) groups excluding carboxylic acids is 2. The molecule has 0 fully saturated rings. The molecule has 5 heteroatoms. The van der Waals surface area contributed by atoms with E-state index in [1.807, 2.05) is 0 Å². The summed E-state index contributed by atoms with van der Waals surface area (Å²) in [7, 11) is 0. The molecule has 1 aliphatic carbocycles. The molecular formula is C13H23N3O2. The largest absolute Gasteiger partial charge is 0.369 e. The Bertz CT molecular complexity index is 337. The van der Waals surface area contributed by atoms with E-state index < -0.39 is 11.3 Å². The Kier molecular flexibility index (Phi) is 5.19. The zero-order valence-corrected chi connectivity index (χ0v) is 11.2. The number of primary amides is 1. The predicted molar refractivity (Wildman–Crippen MR) is 70.9 cm³/mol. The van der Waals surface area contributed by atoms with Crippen molar-refractivity contribution in [2.24, 2.45) is 17.1 Å². The van der Waals surface area contributed by atoms with Crippen LogP contribution in [0, 0.1) is 11.3 Å². The molecule has 0 aromatic rings. The van der Waals surface area contributed by atoms with Gasteiger partial charge in [0.25, 0.3) is 0 Å². The summed E-state index contributed by atoms with van der Waals surface area (Å²) in [6, 6.07) is -0.237. The minimum atomic E-state index is -0.717. The molecule has 5 nitrogen and oxygen atoms in total. The van der Waals surface area contributed by atoms with Gasteiger partial charge in [-0.1, -0.05) is 12.2 Å². The maximum Gasteiger partial charge on any atom is 0.314 e. The van der Waals surface area contributed by atoms with Crippen molar-refractivity contribution >= 4 is 11.9 Å². The van der Waals surface area contributed by atoms with Crippen LogP contribution >= 0.6 is 0 Å². The summed E-state index contributed by atoms with van der Waals surface area (Å²) < 4.78 is 0. The van der Waals surface area contributed by atoms with Gasteiger partial charge in [0, 0.05) is 13.1 Å². The van der Waals surface area contributed by atoms with E-state index in [9.17, 15) is 9.59 Å². The highest BCUT2D eigenvalue weighted by Gasteiger charge is 2.25. The van der Waals surface area contributed by atoms with Crippen LogP contribution in [0.4, 0.5) is 4.79 Å². The number of carbonyl (C=O) groups is 2. The minimum absolute atomic E-state index is 0.237. The Labute approximate surface area is 108 Å². The first-order valence-electron chi connectivity index (χ1n) is 6.38. The third-order valence-corrected chi connectivity index (χ3v) is 3.29. The molecule has 0 saturated heterocycles. The van der Waals surface area contributed by atoms with Crippen LogP contribution in [0.1, 0.15) is 33.1 Å². The number of allylic oxidation sites excluding steroid dienone is 2. The van der Waals surface area contributed by atoms with Gasteiger partial charge in [0.1, 0.15) is 0 Å².